The number of allylic oxidation sites excluding steroid dienone is 1. The van der Waals surface area contributed by atoms with Gasteiger partial charge < -0.3 is 5.11 Å². The lowest BCUT2D eigenvalue weighted by atomic mass is 10.1. The summed E-state index contributed by atoms with van der Waals surface area (Å²) in [5, 5.41) is 8.35. The quantitative estimate of drug-likeness (QED) is 0.729. The first-order chi connectivity index (χ1) is 6.54. The van der Waals surface area contributed by atoms with Crippen LogP contribution in [0.1, 0.15) is 11.1 Å². The van der Waals surface area contributed by atoms with E-state index in [0.717, 1.165) is 24.0 Å². The highest BCUT2D eigenvalue weighted by Gasteiger charge is 2.29. The Morgan fingerprint density at radius 1 is 1.14 bits per heavy atom. The summed E-state index contributed by atoms with van der Waals surface area (Å²) in [4.78, 5) is 0. The van der Waals surface area contributed by atoms with E-state index >= 15 is 0 Å². The van der Waals surface area contributed by atoms with Gasteiger partial charge in [-0.15, -0.1) is 0 Å². The zero-order valence-corrected chi connectivity index (χ0v) is 7.25. The first-order valence-corrected chi connectivity index (χ1v) is 3.99. The van der Waals surface area contributed by atoms with Crippen molar-refractivity contribution in [3.8, 4) is 0 Å². The molecule has 0 fully saturated rings. The maximum Gasteiger partial charge on any atom is 0.416 e. The van der Waals surface area contributed by atoms with Crippen LogP contribution in [0, 0.1) is 0 Å². The molecule has 0 aromatic heterocycles. The summed E-state index contributed by atoms with van der Waals surface area (Å²) < 4.78 is 36.4. The highest BCUT2D eigenvalue weighted by Crippen LogP contribution is 2.29. The second-order valence-electron chi connectivity index (χ2n) is 2.78. The molecule has 4 heteroatoms. The SMILES string of the molecule is O/C=C/Cc1ccc(C(F)(F)F)cc1. The van der Waals surface area contributed by atoms with E-state index in [-0.39, 0.29) is 0 Å². The van der Waals surface area contributed by atoms with E-state index in [1.165, 1.54) is 18.2 Å². The topological polar surface area (TPSA) is 20.2 Å². The van der Waals surface area contributed by atoms with Crippen LogP contribution in [0.4, 0.5) is 13.2 Å². The summed E-state index contributed by atoms with van der Waals surface area (Å²) in [7, 11) is 0. The summed E-state index contributed by atoms with van der Waals surface area (Å²) in [6.07, 6.45) is -1.53. The van der Waals surface area contributed by atoms with Gasteiger partial charge in [-0.1, -0.05) is 12.1 Å². The van der Waals surface area contributed by atoms with Gasteiger partial charge in [0.1, 0.15) is 0 Å². The fraction of sp³-hybridized carbons (Fsp3) is 0.200. The Balaban J connectivity index is 2.79. The molecule has 1 aromatic rings. The summed E-state index contributed by atoms with van der Waals surface area (Å²) in [6.45, 7) is 0. The smallest absolute Gasteiger partial charge is 0.416 e. The van der Waals surface area contributed by atoms with Crippen molar-refractivity contribution in [3.63, 3.8) is 0 Å². The molecule has 0 unspecified atom stereocenters. The number of hydrogen-bond acceptors (Lipinski definition) is 1. The summed E-state index contributed by atoms with van der Waals surface area (Å²) in [5.41, 5.74) is 0.0672. The minimum atomic E-state index is -4.29. The number of aliphatic hydroxyl groups excluding tert-OH is 1. The molecular weight excluding hydrogens is 193 g/mol. The lowest BCUT2D eigenvalue weighted by molar-refractivity contribution is -0.137. The third kappa shape index (κ3) is 2.80. The van der Waals surface area contributed by atoms with E-state index in [0.29, 0.717) is 6.42 Å². The molecular formula is C10H9F3O. The molecule has 0 aliphatic heterocycles. The molecule has 0 bridgehead atoms. The molecule has 1 aromatic carbocycles. The maximum atomic E-state index is 12.1. The molecule has 1 rings (SSSR count). The lowest BCUT2D eigenvalue weighted by Crippen LogP contribution is -2.04. The molecule has 0 heterocycles. The van der Waals surface area contributed by atoms with Crippen LogP contribution in [-0.4, -0.2) is 5.11 Å². The average Bonchev–Trinajstić information content (AvgIpc) is 2.14. The predicted molar refractivity (Wildman–Crippen MR) is 46.9 cm³/mol. The van der Waals surface area contributed by atoms with E-state index in [9.17, 15) is 13.2 Å². The molecule has 0 saturated heterocycles. The zero-order valence-electron chi connectivity index (χ0n) is 7.25. The average molecular weight is 202 g/mol. The Morgan fingerprint density at radius 3 is 2.14 bits per heavy atom. The van der Waals surface area contributed by atoms with E-state index in [1.807, 2.05) is 0 Å². The van der Waals surface area contributed by atoms with Crippen LogP contribution in [0.3, 0.4) is 0 Å². The number of halogens is 3. The Labute approximate surface area is 79.5 Å². The van der Waals surface area contributed by atoms with Crippen molar-refractivity contribution in [2.24, 2.45) is 0 Å². The number of benzene rings is 1. The van der Waals surface area contributed by atoms with Crippen molar-refractivity contribution in [1.82, 2.24) is 0 Å². The highest BCUT2D eigenvalue weighted by molar-refractivity contribution is 5.25. The first-order valence-electron chi connectivity index (χ1n) is 3.99. The molecule has 0 aliphatic carbocycles. The maximum absolute atomic E-state index is 12.1. The Kier molecular flexibility index (Phi) is 3.17. The Morgan fingerprint density at radius 2 is 1.71 bits per heavy atom. The molecule has 1 N–H and O–H groups in total. The van der Waals surface area contributed by atoms with Crippen molar-refractivity contribution in [2.45, 2.75) is 12.6 Å². The fourth-order valence-electron chi connectivity index (χ4n) is 1.02. The lowest BCUT2D eigenvalue weighted by Gasteiger charge is -2.06. The number of rotatable bonds is 2. The van der Waals surface area contributed by atoms with Crippen molar-refractivity contribution >= 4 is 0 Å². The molecule has 0 radical (unpaired) electrons. The molecule has 76 valence electrons. The van der Waals surface area contributed by atoms with E-state index in [1.54, 1.807) is 0 Å². The van der Waals surface area contributed by atoms with Gasteiger partial charge in [0, 0.05) is 0 Å². The number of alkyl halides is 3. The Hall–Kier alpha value is -1.45. The van der Waals surface area contributed by atoms with Crippen LogP contribution in [0.15, 0.2) is 36.6 Å². The van der Waals surface area contributed by atoms with Gasteiger partial charge >= 0.3 is 6.18 Å². The fourth-order valence-corrected chi connectivity index (χ4v) is 1.02. The third-order valence-electron chi connectivity index (χ3n) is 1.74. The minimum absolute atomic E-state index is 0.425. The third-order valence-corrected chi connectivity index (χ3v) is 1.74. The molecule has 1 nitrogen and oxygen atoms in total. The van der Waals surface area contributed by atoms with Crippen LogP contribution in [0.25, 0.3) is 0 Å². The van der Waals surface area contributed by atoms with Crippen molar-refractivity contribution in [3.05, 3.63) is 47.7 Å². The monoisotopic (exact) mass is 202 g/mol. The Bertz CT molecular complexity index is 311. The normalized spacial score (nSPS) is 12.2. The molecule has 0 saturated carbocycles. The summed E-state index contributed by atoms with van der Waals surface area (Å²) in [6, 6.07) is 4.84. The van der Waals surface area contributed by atoms with E-state index in [2.05, 4.69) is 0 Å². The van der Waals surface area contributed by atoms with Gasteiger partial charge in [-0.05, 0) is 30.2 Å². The molecule has 14 heavy (non-hydrogen) atoms. The molecule has 0 atom stereocenters. The standard InChI is InChI=1S/C10H9F3O/c11-10(12,13)9-5-3-8(4-6-9)2-1-7-14/h1,3-7,14H,2H2/b7-1+. The second kappa shape index (κ2) is 4.17. The van der Waals surface area contributed by atoms with Crippen LogP contribution >= 0.6 is 0 Å². The molecule has 0 aliphatic rings. The molecule has 0 spiro atoms. The van der Waals surface area contributed by atoms with Gasteiger partial charge in [0.2, 0.25) is 0 Å². The van der Waals surface area contributed by atoms with Crippen molar-refractivity contribution in [2.75, 3.05) is 0 Å². The van der Waals surface area contributed by atoms with Crippen molar-refractivity contribution < 1.29 is 18.3 Å². The van der Waals surface area contributed by atoms with Gasteiger partial charge in [0.05, 0.1) is 11.8 Å². The van der Waals surface area contributed by atoms with Crippen molar-refractivity contribution in [1.29, 1.82) is 0 Å². The van der Waals surface area contributed by atoms with E-state index in [4.69, 9.17) is 5.11 Å². The van der Waals surface area contributed by atoms with Crippen LogP contribution < -0.4 is 0 Å². The van der Waals surface area contributed by atoms with Gasteiger partial charge in [0.15, 0.2) is 0 Å². The van der Waals surface area contributed by atoms with Gasteiger partial charge in [0.25, 0.3) is 0 Å². The highest BCUT2D eigenvalue weighted by atomic mass is 19.4. The first kappa shape index (κ1) is 10.6. The number of hydrogen-bond donors (Lipinski definition) is 1. The van der Waals surface area contributed by atoms with Gasteiger partial charge in [-0.25, -0.2) is 0 Å². The van der Waals surface area contributed by atoms with Gasteiger partial charge in [-0.3, -0.25) is 0 Å². The zero-order chi connectivity index (χ0) is 10.6. The van der Waals surface area contributed by atoms with Crippen LogP contribution in [0.5, 0.6) is 0 Å². The molecule has 0 amide bonds. The summed E-state index contributed by atoms with van der Waals surface area (Å²) >= 11 is 0. The second-order valence-corrected chi connectivity index (χ2v) is 2.78. The van der Waals surface area contributed by atoms with Crippen LogP contribution in [-0.2, 0) is 12.6 Å². The predicted octanol–water partition coefficient (Wildman–Crippen LogP) is 3.32. The minimum Gasteiger partial charge on any atom is -0.516 e. The number of aliphatic hydroxyl groups is 1. The summed E-state index contributed by atoms with van der Waals surface area (Å²) in [5.74, 6) is 0. The van der Waals surface area contributed by atoms with Gasteiger partial charge in [-0.2, -0.15) is 13.2 Å². The van der Waals surface area contributed by atoms with E-state index < -0.39 is 11.7 Å². The largest absolute Gasteiger partial charge is 0.516 e. The van der Waals surface area contributed by atoms with Crippen LogP contribution in [0.2, 0.25) is 0 Å².